The monoisotopic (exact) mass is 224 g/mol. The van der Waals surface area contributed by atoms with Gasteiger partial charge in [-0.1, -0.05) is 19.8 Å². The van der Waals surface area contributed by atoms with E-state index in [0.717, 1.165) is 12.0 Å². The van der Waals surface area contributed by atoms with Gasteiger partial charge in [0.1, 0.15) is 0 Å². The first-order valence-electron chi connectivity index (χ1n) is 7.35. The van der Waals surface area contributed by atoms with Crippen LogP contribution < -0.4 is 5.32 Å². The topological polar surface area (TPSA) is 15.3 Å². The lowest BCUT2D eigenvalue weighted by molar-refractivity contribution is 0.195. The van der Waals surface area contributed by atoms with Gasteiger partial charge in [0.15, 0.2) is 0 Å². The zero-order chi connectivity index (χ0) is 11.2. The number of rotatable bonds is 6. The maximum absolute atomic E-state index is 3.62. The molecule has 0 aromatic rings. The largest absolute Gasteiger partial charge is 0.315 e. The van der Waals surface area contributed by atoms with Gasteiger partial charge in [-0.15, -0.1) is 0 Å². The average molecular weight is 224 g/mol. The van der Waals surface area contributed by atoms with E-state index < -0.39 is 0 Å². The van der Waals surface area contributed by atoms with Crippen molar-refractivity contribution in [3.8, 4) is 0 Å². The van der Waals surface area contributed by atoms with Crippen molar-refractivity contribution in [1.82, 2.24) is 10.2 Å². The van der Waals surface area contributed by atoms with Gasteiger partial charge in [-0.3, -0.25) is 4.90 Å². The van der Waals surface area contributed by atoms with E-state index in [1.807, 2.05) is 0 Å². The Morgan fingerprint density at radius 2 is 2.00 bits per heavy atom. The van der Waals surface area contributed by atoms with E-state index >= 15 is 0 Å². The molecule has 0 spiro atoms. The molecule has 1 N–H and O–H groups in total. The van der Waals surface area contributed by atoms with Crippen LogP contribution in [0.5, 0.6) is 0 Å². The van der Waals surface area contributed by atoms with Gasteiger partial charge in [-0.05, 0) is 51.1 Å². The molecule has 0 radical (unpaired) electrons. The van der Waals surface area contributed by atoms with Crippen LogP contribution in [0, 0.1) is 5.92 Å². The van der Waals surface area contributed by atoms with Gasteiger partial charge in [0.05, 0.1) is 0 Å². The smallest absolute Gasteiger partial charge is 0.0110 e. The van der Waals surface area contributed by atoms with Crippen molar-refractivity contribution >= 4 is 0 Å². The van der Waals surface area contributed by atoms with Gasteiger partial charge in [0, 0.05) is 19.1 Å². The molecule has 2 rings (SSSR count). The van der Waals surface area contributed by atoms with E-state index in [4.69, 9.17) is 0 Å². The lowest BCUT2D eigenvalue weighted by Gasteiger charge is -2.29. The van der Waals surface area contributed by atoms with Crippen molar-refractivity contribution in [3.05, 3.63) is 0 Å². The van der Waals surface area contributed by atoms with Crippen LogP contribution in [0.1, 0.15) is 51.9 Å². The van der Waals surface area contributed by atoms with Crippen LogP contribution in [-0.4, -0.2) is 37.1 Å². The molecule has 2 nitrogen and oxygen atoms in total. The molecule has 94 valence electrons. The van der Waals surface area contributed by atoms with Crippen molar-refractivity contribution in [2.75, 3.05) is 26.2 Å². The van der Waals surface area contributed by atoms with E-state index in [2.05, 4.69) is 17.1 Å². The molecule has 1 unspecified atom stereocenters. The van der Waals surface area contributed by atoms with Crippen LogP contribution in [0.15, 0.2) is 0 Å². The van der Waals surface area contributed by atoms with E-state index in [9.17, 15) is 0 Å². The Morgan fingerprint density at radius 1 is 1.12 bits per heavy atom. The Kier molecular flexibility index (Phi) is 5.11. The maximum Gasteiger partial charge on any atom is 0.0110 e. The predicted octanol–water partition coefficient (Wildman–Crippen LogP) is 2.64. The number of hydrogen-bond donors (Lipinski definition) is 1. The summed E-state index contributed by atoms with van der Waals surface area (Å²) in [5.41, 5.74) is 0. The second-order valence-corrected chi connectivity index (χ2v) is 5.59. The van der Waals surface area contributed by atoms with Gasteiger partial charge in [0.2, 0.25) is 0 Å². The lowest BCUT2D eigenvalue weighted by atomic mass is 10.1. The summed E-state index contributed by atoms with van der Waals surface area (Å²) >= 11 is 0. The summed E-state index contributed by atoms with van der Waals surface area (Å²) in [6.07, 6.45) is 10.0. The van der Waals surface area contributed by atoms with Crippen molar-refractivity contribution in [1.29, 1.82) is 0 Å². The molecule has 0 aromatic carbocycles. The Bertz CT molecular complexity index is 189. The van der Waals surface area contributed by atoms with Crippen LogP contribution in [0.25, 0.3) is 0 Å². The average Bonchev–Trinajstić information content (AvgIpc) is 3.11. The molecule has 0 amide bonds. The highest BCUT2D eigenvalue weighted by Gasteiger charge is 2.21. The van der Waals surface area contributed by atoms with Crippen molar-refractivity contribution < 1.29 is 0 Å². The van der Waals surface area contributed by atoms with Gasteiger partial charge >= 0.3 is 0 Å². The number of hydrogen-bond acceptors (Lipinski definition) is 2. The van der Waals surface area contributed by atoms with Gasteiger partial charge in [-0.25, -0.2) is 0 Å². The second kappa shape index (κ2) is 6.61. The number of nitrogens with one attached hydrogen (secondary N) is 1. The summed E-state index contributed by atoms with van der Waals surface area (Å²) in [5.74, 6) is 1.02. The standard InChI is InChI=1S/C14H28N2/c1-2-14-6-4-3-5-10-16(14)11-9-15-12-13-7-8-13/h13-15H,2-12H2,1H3. The molecule has 1 saturated heterocycles. The molecule has 2 heteroatoms. The highest BCUT2D eigenvalue weighted by molar-refractivity contribution is 4.77. The van der Waals surface area contributed by atoms with Gasteiger partial charge in [0.25, 0.3) is 0 Å². The summed E-state index contributed by atoms with van der Waals surface area (Å²) in [6, 6.07) is 0.866. The summed E-state index contributed by atoms with van der Waals surface area (Å²) in [6.45, 7) is 7.42. The molecule has 2 fully saturated rings. The zero-order valence-corrected chi connectivity index (χ0v) is 10.9. The second-order valence-electron chi connectivity index (χ2n) is 5.59. The fourth-order valence-electron chi connectivity index (χ4n) is 2.84. The highest BCUT2D eigenvalue weighted by atomic mass is 15.2. The molecular formula is C14H28N2. The SMILES string of the molecule is CCC1CCCCCN1CCNCC1CC1. The Balaban J connectivity index is 1.63. The molecule has 1 saturated carbocycles. The molecule has 1 aliphatic carbocycles. The number of nitrogens with zero attached hydrogens (tertiary/aromatic N) is 1. The third kappa shape index (κ3) is 4.06. The lowest BCUT2D eigenvalue weighted by Crippen LogP contribution is -2.39. The fourth-order valence-corrected chi connectivity index (χ4v) is 2.84. The van der Waals surface area contributed by atoms with E-state index in [1.54, 1.807) is 0 Å². The molecule has 1 aliphatic heterocycles. The first-order chi connectivity index (χ1) is 7.90. The molecular weight excluding hydrogens is 196 g/mol. The summed E-state index contributed by atoms with van der Waals surface area (Å²) in [4.78, 5) is 2.73. The zero-order valence-electron chi connectivity index (χ0n) is 10.9. The van der Waals surface area contributed by atoms with Crippen LogP contribution in [0.2, 0.25) is 0 Å². The first-order valence-corrected chi connectivity index (χ1v) is 7.35. The Labute approximate surface area is 101 Å². The molecule has 2 aliphatic rings. The minimum atomic E-state index is 0.866. The van der Waals surface area contributed by atoms with Crippen LogP contribution >= 0.6 is 0 Å². The Hall–Kier alpha value is -0.0800. The van der Waals surface area contributed by atoms with E-state index in [0.29, 0.717) is 0 Å². The minimum absolute atomic E-state index is 0.866. The third-order valence-electron chi connectivity index (χ3n) is 4.18. The molecule has 0 aromatic heterocycles. The molecule has 1 atom stereocenters. The molecule has 0 bridgehead atoms. The Morgan fingerprint density at radius 3 is 2.75 bits per heavy atom. The van der Waals surface area contributed by atoms with Crippen molar-refractivity contribution in [3.63, 3.8) is 0 Å². The first kappa shape index (κ1) is 12.4. The third-order valence-corrected chi connectivity index (χ3v) is 4.18. The summed E-state index contributed by atoms with van der Waals surface area (Å²) in [7, 11) is 0. The highest BCUT2D eigenvalue weighted by Crippen LogP contribution is 2.27. The quantitative estimate of drug-likeness (QED) is 0.698. The van der Waals surface area contributed by atoms with Crippen LogP contribution in [0.4, 0.5) is 0 Å². The van der Waals surface area contributed by atoms with Crippen molar-refractivity contribution in [2.45, 2.75) is 57.9 Å². The van der Waals surface area contributed by atoms with Gasteiger partial charge < -0.3 is 5.32 Å². The van der Waals surface area contributed by atoms with Crippen LogP contribution in [-0.2, 0) is 0 Å². The normalized spacial score (nSPS) is 27.9. The van der Waals surface area contributed by atoms with Crippen LogP contribution in [0.3, 0.4) is 0 Å². The fraction of sp³-hybridized carbons (Fsp3) is 1.00. The van der Waals surface area contributed by atoms with E-state index in [1.165, 1.54) is 71.1 Å². The minimum Gasteiger partial charge on any atom is -0.315 e. The van der Waals surface area contributed by atoms with Gasteiger partial charge in [-0.2, -0.15) is 0 Å². The summed E-state index contributed by atoms with van der Waals surface area (Å²) in [5, 5.41) is 3.62. The predicted molar refractivity (Wildman–Crippen MR) is 69.7 cm³/mol. The van der Waals surface area contributed by atoms with Crippen molar-refractivity contribution in [2.24, 2.45) is 5.92 Å². The number of likely N-dealkylation sites (tertiary alicyclic amines) is 1. The maximum atomic E-state index is 3.62. The molecule has 1 heterocycles. The summed E-state index contributed by atoms with van der Waals surface area (Å²) < 4.78 is 0. The van der Waals surface area contributed by atoms with E-state index in [-0.39, 0.29) is 0 Å². The molecule has 16 heavy (non-hydrogen) atoms.